The summed E-state index contributed by atoms with van der Waals surface area (Å²) in [7, 11) is 0. The number of oxime groups is 1. The van der Waals surface area contributed by atoms with Gasteiger partial charge >= 0.3 is 6.61 Å². The first-order valence-electron chi connectivity index (χ1n) is 4.44. The Hall–Kier alpha value is -1.65. The molecule has 0 radical (unpaired) electrons. The zero-order valence-electron chi connectivity index (χ0n) is 8.15. The van der Waals surface area contributed by atoms with Crippen molar-refractivity contribution in [1.29, 1.82) is 0 Å². The molecule has 0 aliphatic carbocycles. The number of halogens is 2. The highest BCUT2D eigenvalue weighted by atomic mass is 19.3. The molecule has 0 saturated heterocycles. The lowest BCUT2D eigenvalue weighted by Crippen LogP contribution is -2.08. The SMILES string of the molecule is CC/C(=N/O)c1ccccc1OC(F)F. The van der Waals surface area contributed by atoms with Gasteiger partial charge in [-0.25, -0.2) is 0 Å². The number of hydrogen-bond donors (Lipinski definition) is 1. The monoisotopic (exact) mass is 215 g/mol. The van der Waals surface area contributed by atoms with Gasteiger partial charge in [-0.05, 0) is 18.6 Å². The van der Waals surface area contributed by atoms with Crippen molar-refractivity contribution in [2.24, 2.45) is 5.16 Å². The van der Waals surface area contributed by atoms with Crippen LogP contribution in [0.4, 0.5) is 8.78 Å². The maximum Gasteiger partial charge on any atom is 0.387 e. The number of rotatable bonds is 4. The largest absolute Gasteiger partial charge is 0.434 e. The summed E-state index contributed by atoms with van der Waals surface area (Å²) in [5.74, 6) is 0.0159. The van der Waals surface area contributed by atoms with Gasteiger partial charge in [-0.3, -0.25) is 0 Å². The number of para-hydroxylation sites is 1. The van der Waals surface area contributed by atoms with Gasteiger partial charge < -0.3 is 9.94 Å². The Kier molecular flexibility index (Phi) is 4.03. The van der Waals surface area contributed by atoms with Gasteiger partial charge in [0.25, 0.3) is 0 Å². The van der Waals surface area contributed by atoms with Crippen LogP contribution in [0.3, 0.4) is 0 Å². The van der Waals surface area contributed by atoms with Crippen LogP contribution >= 0.6 is 0 Å². The van der Waals surface area contributed by atoms with Gasteiger partial charge in [0.05, 0.1) is 5.71 Å². The summed E-state index contributed by atoms with van der Waals surface area (Å²) in [5.41, 5.74) is 0.689. The Bertz CT molecular complexity index is 353. The Balaban J connectivity index is 3.05. The van der Waals surface area contributed by atoms with Crippen LogP contribution < -0.4 is 4.74 Å². The van der Waals surface area contributed by atoms with E-state index in [1.54, 1.807) is 25.1 Å². The van der Waals surface area contributed by atoms with Crippen molar-refractivity contribution in [3.8, 4) is 5.75 Å². The van der Waals surface area contributed by atoms with Gasteiger partial charge in [0.1, 0.15) is 5.75 Å². The molecule has 1 rings (SSSR count). The van der Waals surface area contributed by atoms with E-state index in [9.17, 15) is 8.78 Å². The van der Waals surface area contributed by atoms with Crippen LogP contribution in [0.15, 0.2) is 29.4 Å². The first-order valence-corrected chi connectivity index (χ1v) is 4.44. The summed E-state index contributed by atoms with van der Waals surface area (Å²) in [6, 6.07) is 6.21. The molecule has 0 aromatic heterocycles. The lowest BCUT2D eigenvalue weighted by molar-refractivity contribution is -0.0499. The maximum atomic E-state index is 12.0. The van der Waals surface area contributed by atoms with E-state index in [4.69, 9.17) is 5.21 Å². The van der Waals surface area contributed by atoms with Crippen molar-refractivity contribution in [1.82, 2.24) is 0 Å². The summed E-state index contributed by atoms with van der Waals surface area (Å²) in [5, 5.41) is 11.7. The molecule has 0 atom stereocenters. The van der Waals surface area contributed by atoms with E-state index in [0.717, 1.165) is 0 Å². The Morgan fingerprint density at radius 2 is 2.13 bits per heavy atom. The van der Waals surface area contributed by atoms with E-state index < -0.39 is 6.61 Å². The Morgan fingerprint density at radius 3 is 2.67 bits per heavy atom. The van der Waals surface area contributed by atoms with Crippen molar-refractivity contribution >= 4 is 5.71 Å². The van der Waals surface area contributed by atoms with Crippen LogP contribution in [0, 0.1) is 0 Å². The summed E-state index contributed by atoms with van der Waals surface area (Å²) >= 11 is 0. The molecule has 0 spiro atoms. The van der Waals surface area contributed by atoms with Crippen molar-refractivity contribution in [3.05, 3.63) is 29.8 Å². The molecule has 82 valence electrons. The number of ether oxygens (including phenoxy) is 1. The molecule has 0 saturated carbocycles. The van der Waals surface area contributed by atoms with Gasteiger partial charge in [0, 0.05) is 5.56 Å². The third-order valence-electron chi connectivity index (χ3n) is 1.87. The van der Waals surface area contributed by atoms with E-state index in [0.29, 0.717) is 17.7 Å². The van der Waals surface area contributed by atoms with Crippen molar-refractivity contribution in [3.63, 3.8) is 0 Å². The zero-order valence-corrected chi connectivity index (χ0v) is 8.15. The van der Waals surface area contributed by atoms with E-state index in [2.05, 4.69) is 9.89 Å². The average molecular weight is 215 g/mol. The summed E-state index contributed by atoms with van der Waals surface area (Å²) in [6.45, 7) is -1.13. The zero-order chi connectivity index (χ0) is 11.3. The van der Waals surface area contributed by atoms with Crippen LogP contribution in [-0.4, -0.2) is 17.5 Å². The fourth-order valence-corrected chi connectivity index (χ4v) is 1.22. The molecule has 0 unspecified atom stereocenters. The van der Waals surface area contributed by atoms with Crippen LogP contribution in [0.5, 0.6) is 5.75 Å². The quantitative estimate of drug-likeness (QED) is 0.476. The second-order valence-corrected chi connectivity index (χ2v) is 2.77. The standard InChI is InChI=1S/C10H11F2NO2/c1-2-8(13-14)7-5-3-4-6-9(7)15-10(11)12/h3-6,10,14H,2H2,1H3/b13-8-. The van der Waals surface area contributed by atoms with Crippen molar-refractivity contribution < 1.29 is 18.7 Å². The number of alkyl halides is 2. The molecule has 5 heteroatoms. The molecule has 0 aliphatic heterocycles. The van der Waals surface area contributed by atoms with E-state index >= 15 is 0 Å². The molecule has 3 nitrogen and oxygen atoms in total. The second kappa shape index (κ2) is 5.29. The molecule has 0 aliphatic rings. The van der Waals surface area contributed by atoms with Crippen LogP contribution in [0.25, 0.3) is 0 Å². The van der Waals surface area contributed by atoms with Crippen molar-refractivity contribution in [2.75, 3.05) is 0 Å². The third kappa shape index (κ3) is 2.90. The average Bonchev–Trinajstić information content (AvgIpc) is 2.21. The normalized spacial score (nSPS) is 11.9. The number of benzene rings is 1. The minimum atomic E-state index is -2.89. The first kappa shape index (κ1) is 11.4. The van der Waals surface area contributed by atoms with Gasteiger partial charge in [0.15, 0.2) is 0 Å². The van der Waals surface area contributed by atoms with Gasteiger partial charge in [-0.15, -0.1) is 0 Å². The van der Waals surface area contributed by atoms with Gasteiger partial charge in [0.2, 0.25) is 0 Å². The molecule has 0 amide bonds. The molecule has 1 aromatic carbocycles. The highest BCUT2D eigenvalue weighted by Gasteiger charge is 2.12. The Morgan fingerprint density at radius 1 is 1.47 bits per heavy atom. The summed E-state index contributed by atoms with van der Waals surface area (Å²) in [4.78, 5) is 0. The Labute approximate surface area is 86.0 Å². The van der Waals surface area contributed by atoms with E-state index in [1.807, 2.05) is 0 Å². The molecule has 1 N–H and O–H groups in total. The van der Waals surface area contributed by atoms with Crippen LogP contribution in [0.2, 0.25) is 0 Å². The minimum Gasteiger partial charge on any atom is -0.434 e. The van der Waals surface area contributed by atoms with Gasteiger partial charge in [-0.1, -0.05) is 24.2 Å². The summed E-state index contributed by atoms with van der Waals surface area (Å²) < 4.78 is 28.4. The van der Waals surface area contributed by atoms with Gasteiger partial charge in [-0.2, -0.15) is 8.78 Å². The second-order valence-electron chi connectivity index (χ2n) is 2.77. The number of hydrogen-bond acceptors (Lipinski definition) is 3. The number of nitrogens with zero attached hydrogens (tertiary/aromatic N) is 1. The molecule has 1 aromatic rings. The smallest absolute Gasteiger partial charge is 0.387 e. The fourth-order valence-electron chi connectivity index (χ4n) is 1.22. The van der Waals surface area contributed by atoms with Crippen LogP contribution in [0.1, 0.15) is 18.9 Å². The molecule has 15 heavy (non-hydrogen) atoms. The van der Waals surface area contributed by atoms with E-state index in [-0.39, 0.29) is 5.75 Å². The molecule has 0 bridgehead atoms. The highest BCUT2D eigenvalue weighted by molar-refractivity contribution is 6.02. The fraction of sp³-hybridized carbons (Fsp3) is 0.300. The topological polar surface area (TPSA) is 41.8 Å². The lowest BCUT2D eigenvalue weighted by atomic mass is 10.1. The van der Waals surface area contributed by atoms with E-state index in [1.165, 1.54) is 6.07 Å². The predicted molar refractivity (Wildman–Crippen MR) is 51.7 cm³/mol. The molecular formula is C10H11F2NO2. The highest BCUT2D eigenvalue weighted by Crippen LogP contribution is 2.21. The first-order chi connectivity index (χ1) is 7.19. The van der Waals surface area contributed by atoms with Crippen molar-refractivity contribution in [2.45, 2.75) is 20.0 Å². The summed E-state index contributed by atoms with van der Waals surface area (Å²) in [6.07, 6.45) is 0.431. The molecule has 0 heterocycles. The lowest BCUT2D eigenvalue weighted by Gasteiger charge is -2.10. The minimum absolute atomic E-state index is 0.0159. The molecule has 0 fully saturated rings. The molecular weight excluding hydrogens is 204 g/mol. The van der Waals surface area contributed by atoms with Crippen LogP contribution in [-0.2, 0) is 0 Å². The third-order valence-corrected chi connectivity index (χ3v) is 1.87. The maximum absolute atomic E-state index is 12.0. The predicted octanol–water partition coefficient (Wildman–Crippen LogP) is 2.88.